The van der Waals surface area contributed by atoms with Gasteiger partial charge in [0.1, 0.15) is 6.61 Å². The number of esters is 1. The molecule has 0 rings (SSSR count). The highest BCUT2D eigenvalue weighted by molar-refractivity contribution is 5.69. The zero-order chi connectivity index (χ0) is 13.5. The van der Waals surface area contributed by atoms with Crippen LogP contribution in [-0.2, 0) is 14.3 Å². The van der Waals surface area contributed by atoms with Crippen molar-refractivity contribution in [2.45, 2.75) is 58.3 Å². The van der Waals surface area contributed by atoms with E-state index in [4.69, 9.17) is 9.47 Å². The highest BCUT2D eigenvalue weighted by Gasteiger charge is 2.00. The summed E-state index contributed by atoms with van der Waals surface area (Å²) in [5.74, 6) is -0.0759. The molecule has 0 aliphatic carbocycles. The third kappa shape index (κ3) is 13.2. The minimum Gasteiger partial charge on any atom is -0.461 e. The molecule has 0 atom stereocenters. The van der Waals surface area contributed by atoms with Gasteiger partial charge in [-0.2, -0.15) is 0 Å². The molecule has 3 nitrogen and oxygen atoms in total. The van der Waals surface area contributed by atoms with Gasteiger partial charge in [-0.05, 0) is 19.3 Å². The van der Waals surface area contributed by atoms with Gasteiger partial charge in [0.25, 0.3) is 0 Å². The maximum Gasteiger partial charge on any atom is 0.306 e. The molecular formula is C15H28O3. The number of ether oxygens (including phenoxy) is 2. The van der Waals surface area contributed by atoms with E-state index < -0.39 is 0 Å². The van der Waals surface area contributed by atoms with Crippen LogP contribution in [0.2, 0.25) is 0 Å². The van der Waals surface area contributed by atoms with Crippen LogP contribution in [0.1, 0.15) is 58.3 Å². The zero-order valence-electron chi connectivity index (χ0n) is 12.0. The molecule has 0 aliphatic heterocycles. The van der Waals surface area contributed by atoms with Crippen molar-refractivity contribution in [1.29, 1.82) is 0 Å². The van der Waals surface area contributed by atoms with E-state index in [1.54, 1.807) is 7.11 Å². The van der Waals surface area contributed by atoms with E-state index in [2.05, 4.69) is 13.0 Å². The molecule has 0 N–H and O–H groups in total. The summed E-state index contributed by atoms with van der Waals surface area (Å²) in [6.45, 7) is 3.39. The second-order valence-corrected chi connectivity index (χ2v) is 4.45. The molecule has 0 unspecified atom stereocenters. The molecule has 0 aromatic rings. The lowest BCUT2D eigenvalue weighted by atomic mass is 10.1. The van der Waals surface area contributed by atoms with Crippen molar-refractivity contribution in [3.05, 3.63) is 12.2 Å². The fourth-order valence-corrected chi connectivity index (χ4v) is 1.61. The first-order valence-corrected chi connectivity index (χ1v) is 7.10. The molecule has 0 bridgehead atoms. The van der Waals surface area contributed by atoms with Gasteiger partial charge in [-0.25, -0.2) is 0 Å². The van der Waals surface area contributed by atoms with Crippen LogP contribution in [0.5, 0.6) is 0 Å². The normalized spacial score (nSPS) is 11.0. The van der Waals surface area contributed by atoms with E-state index in [0.717, 1.165) is 38.7 Å². The molecule has 0 aromatic carbocycles. The lowest BCUT2D eigenvalue weighted by molar-refractivity contribution is -0.142. The minimum absolute atomic E-state index is 0.0759. The largest absolute Gasteiger partial charge is 0.461 e. The SMILES string of the molecule is CCC/C=C\COC(=O)CCCCCCCOC. The van der Waals surface area contributed by atoms with E-state index >= 15 is 0 Å². The molecule has 106 valence electrons. The summed E-state index contributed by atoms with van der Waals surface area (Å²) in [4.78, 5) is 11.3. The lowest BCUT2D eigenvalue weighted by Gasteiger charge is -2.02. The third-order valence-corrected chi connectivity index (χ3v) is 2.69. The first-order chi connectivity index (χ1) is 8.81. The summed E-state index contributed by atoms with van der Waals surface area (Å²) in [7, 11) is 1.73. The van der Waals surface area contributed by atoms with Crippen LogP contribution in [0, 0.1) is 0 Å². The highest BCUT2D eigenvalue weighted by atomic mass is 16.5. The predicted molar refractivity (Wildman–Crippen MR) is 74.6 cm³/mol. The average Bonchev–Trinajstić information content (AvgIpc) is 2.37. The van der Waals surface area contributed by atoms with E-state index in [1.165, 1.54) is 12.8 Å². The Balaban J connectivity index is 3.21. The Morgan fingerprint density at radius 1 is 1.06 bits per heavy atom. The van der Waals surface area contributed by atoms with Crippen LogP contribution in [0.4, 0.5) is 0 Å². The number of hydrogen-bond donors (Lipinski definition) is 0. The predicted octanol–water partition coefficient (Wildman–Crippen LogP) is 3.87. The first kappa shape index (κ1) is 17.2. The average molecular weight is 256 g/mol. The Labute approximate surface area is 112 Å². The second-order valence-electron chi connectivity index (χ2n) is 4.45. The van der Waals surface area contributed by atoms with Gasteiger partial charge in [-0.15, -0.1) is 0 Å². The summed E-state index contributed by atoms with van der Waals surface area (Å²) in [5.41, 5.74) is 0. The topological polar surface area (TPSA) is 35.5 Å². The smallest absolute Gasteiger partial charge is 0.306 e. The van der Waals surface area contributed by atoms with Gasteiger partial charge in [-0.3, -0.25) is 4.79 Å². The van der Waals surface area contributed by atoms with Gasteiger partial charge in [0, 0.05) is 20.1 Å². The Morgan fingerprint density at radius 2 is 1.78 bits per heavy atom. The van der Waals surface area contributed by atoms with Gasteiger partial charge in [0.2, 0.25) is 0 Å². The Bertz CT molecular complexity index is 212. The summed E-state index contributed by atoms with van der Waals surface area (Å²) in [5, 5.41) is 0. The number of rotatable bonds is 12. The molecule has 0 saturated heterocycles. The summed E-state index contributed by atoms with van der Waals surface area (Å²) in [6.07, 6.45) is 12.2. The molecule has 0 fully saturated rings. The standard InChI is InChI=1S/C15H28O3/c1-3-4-5-11-14-18-15(16)12-9-7-6-8-10-13-17-2/h5,11H,3-4,6-10,12-14H2,1-2H3/b11-5-. The fraction of sp³-hybridized carbons (Fsp3) is 0.800. The van der Waals surface area contributed by atoms with Gasteiger partial charge in [0.05, 0.1) is 0 Å². The molecule has 0 aliphatic rings. The van der Waals surface area contributed by atoms with Crippen molar-refractivity contribution >= 4 is 5.97 Å². The van der Waals surface area contributed by atoms with Gasteiger partial charge in [0.15, 0.2) is 0 Å². The maximum atomic E-state index is 11.3. The van der Waals surface area contributed by atoms with E-state index in [0.29, 0.717) is 13.0 Å². The summed E-state index contributed by atoms with van der Waals surface area (Å²) < 4.78 is 10.1. The molecule has 3 heteroatoms. The quantitative estimate of drug-likeness (QED) is 0.302. The number of carbonyl (C=O) groups is 1. The molecule has 0 aromatic heterocycles. The van der Waals surface area contributed by atoms with Crippen LogP contribution in [-0.4, -0.2) is 26.3 Å². The Morgan fingerprint density at radius 3 is 2.50 bits per heavy atom. The Kier molecular flexibility index (Phi) is 13.6. The fourth-order valence-electron chi connectivity index (χ4n) is 1.61. The monoisotopic (exact) mass is 256 g/mol. The molecular weight excluding hydrogens is 228 g/mol. The van der Waals surface area contributed by atoms with E-state index in [9.17, 15) is 4.79 Å². The van der Waals surface area contributed by atoms with Crippen LogP contribution >= 0.6 is 0 Å². The van der Waals surface area contributed by atoms with E-state index in [1.807, 2.05) is 6.08 Å². The van der Waals surface area contributed by atoms with E-state index in [-0.39, 0.29) is 5.97 Å². The number of allylic oxidation sites excluding steroid dienone is 1. The molecule has 0 heterocycles. The highest BCUT2D eigenvalue weighted by Crippen LogP contribution is 2.06. The minimum atomic E-state index is -0.0759. The van der Waals surface area contributed by atoms with Crippen LogP contribution in [0.15, 0.2) is 12.2 Å². The second kappa shape index (κ2) is 14.2. The van der Waals surface area contributed by atoms with Crippen LogP contribution in [0.25, 0.3) is 0 Å². The van der Waals surface area contributed by atoms with Crippen molar-refractivity contribution in [1.82, 2.24) is 0 Å². The maximum absolute atomic E-state index is 11.3. The van der Waals surface area contributed by atoms with Gasteiger partial charge < -0.3 is 9.47 Å². The van der Waals surface area contributed by atoms with Crippen molar-refractivity contribution in [2.75, 3.05) is 20.3 Å². The van der Waals surface area contributed by atoms with Gasteiger partial charge in [-0.1, -0.05) is 44.8 Å². The van der Waals surface area contributed by atoms with Crippen molar-refractivity contribution in [2.24, 2.45) is 0 Å². The summed E-state index contributed by atoms with van der Waals surface area (Å²) in [6, 6.07) is 0. The number of carbonyl (C=O) groups excluding carboxylic acids is 1. The summed E-state index contributed by atoms with van der Waals surface area (Å²) >= 11 is 0. The van der Waals surface area contributed by atoms with Crippen molar-refractivity contribution in [3.63, 3.8) is 0 Å². The molecule has 18 heavy (non-hydrogen) atoms. The Hall–Kier alpha value is -0.830. The number of methoxy groups -OCH3 is 1. The molecule has 0 radical (unpaired) electrons. The van der Waals surface area contributed by atoms with Crippen molar-refractivity contribution < 1.29 is 14.3 Å². The third-order valence-electron chi connectivity index (χ3n) is 2.69. The number of unbranched alkanes of at least 4 members (excludes halogenated alkanes) is 5. The van der Waals surface area contributed by atoms with Crippen LogP contribution < -0.4 is 0 Å². The van der Waals surface area contributed by atoms with Crippen LogP contribution in [0.3, 0.4) is 0 Å². The first-order valence-electron chi connectivity index (χ1n) is 7.10. The zero-order valence-corrected chi connectivity index (χ0v) is 12.0. The molecule has 0 saturated carbocycles. The number of hydrogen-bond acceptors (Lipinski definition) is 3. The molecule has 0 amide bonds. The molecule has 0 spiro atoms. The van der Waals surface area contributed by atoms with Crippen molar-refractivity contribution in [3.8, 4) is 0 Å². The van der Waals surface area contributed by atoms with Gasteiger partial charge >= 0.3 is 5.97 Å². The lowest BCUT2D eigenvalue weighted by Crippen LogP contribution is -2.04.